The van der Waals surface area contributed by atoms with Crippen LogP contribution in [0, 0.1) is 0 Å². The Kier molecular flexibility index (Phi) is 3.12. The fraction of sp³-hybridized carbons (Fsp3) is 0.500. The van der Waals surface area contributed by atoms with Gasteiger partial charge in [0.25, 0.3) is 0 Å². The number of hydrogen-bond donors (Lipinski definition) is 2. The number of nitrogens with two attached hydrogens (primary N) is 1. The number of halogens is 3. The maximum absolute atomic E-state index is 11.8. The normalized spacial score (nSPS) is 11.2. The number of hydrogen-bond acceptors (Lipinski definition) is 6. The van der Waals surface area contributed by atoms with Crippen molar-refractivity contribution in [2.75, 3.05) is 24.7 Å². The zero-order valence-electron chi connectivity index (χ0n) is 7.67. The number of aromatic nitrogens is 3. The van der Waals surface area contributed by atoms with Crippen LogP contribution >= 0.6 is 0 Å². The van der Waals surface area contributed by atoms with Crippen LogP contribution in [0.15, 0.2) is 0 Å². The molecule has 84 valence electrons. The molecule has 0 unspecified atom stereocenters. The molecule has 6 nitrogen and oxygen atoms in total. The first-order valence-electron chi connectivity index (χ1n) is 3.77. The van der Waals surface area contributed by atoms with Crippen LogP contribution in [0.1, 0.15) is 0 Å². The van der Waals surface area contributed by atoms with Gasteiger partial charge in [-0.15, -0.1) is 0 Å². The molecular weight excluding hydrogens is 215 g/mol. The van der Waals surface area contributed by atoms with E-state index in [9.17, 15) is 13.2 Å². The summed E-state index contributed by atoms with van der Waals surface area (Å²) in [5, 5.41) is 1.95. The van der Waals surface area contributed by atoms with Gasteiger partial charge in [-0.1, -0.05) is 0 Å². The minimum Gasteiger partial charge on any atom is -0.467 e. The number of anilines is 2. The molecular formula is C6H8F3N5O. The number of nitrogens with one attached hydrogen (secondary N) is 1. The van der Waals surface area contributed by atoms with Crippen molar-refractivity contribution in [1.82, 2.24) is 15.0 Å². The zero-order valence-corrected chi connectivity index (χ0v) is 7.67. The lowest BCUT2D eigenvalue weighted by Crippen LogP contribution is -2.22. The van der Waals surface area contributed by atoms with Gasteiger partial charge >= 0.3 is 12.2 Å². The molecule has 0 aliphatic heterocycles. The highest BCUT2D eigenvalue weighted by atomic mass is 19.4. The molecule has 0 spiro atoms. The van der Waals surface area contributed by atoms with Crippen molar-refractivity contribution in [3.63, 3.8) is 0 Å². The van der Waals surface area contributed by atoms with Gasteiger partial charge in [-0.05, 0) is 0 Å². The van der Waals surface area contributed by atoms with E-state index in [-0.39, 0.29) is 17.9 Å². The third-order valence-corrected chi connectivity index (χ3v) is 1.26. The smallest absolute Gasteiger partial charge is 0.405 e. The van der Waals surface area contributed by atoms with E-state index in [1.807, 2.05) is 5.32 Å². The maximum Gasteiger partial charge on any atom is 0.405 e. The SMILES string of the molecule is COc1nc(N)nc(NCC(F)(F)F)n1. The van der Waals surface area contributed by atoms with Crippen LogP contribution in [0.5, 0.6) is 6.01 Å². The lowest BCUT2D eigenvalue weighted by Gasteiger charge is -2.08. The number of ether oxygens (including phenoxy) is 1. The van der Waals surface area contributed by atoms with E-state index in [1.54, 1.807) is 0 Å². The Morgan fingerprint density at radius 3 is 2.53 bits per heavy atom. The van der Waals surface area contributed by atoms with Crippen LogP contribution in [0.3, 0.4) is 0 Å². The van der Waals surface area contributed by atoms with Crippen LogP contribution < -0.4 is 15.8 Å². The van der Waals surface area contributed by atoms with Gasteiger partial charge in [0.05, 0.1) is 7.11 Å². The second kappa shape index (κ2) is 4.15. The second-order valence-corrected chi connectivity index (χ2v) is 2.47. The van der Waals surface area contributed by atoms with Gasteiger partial charge in [-0.3, -0.25) is 0 Å². The zero-order chi connectivity index (χ0) is 11.5. The molecule has 0 aliphatic rings. The van der Waals surface area contributed by atoms with E-state index in [1.165, 1.54) is 7.11 Å². The van der Waals surface area contributed by atoms with Gasteiger partial charge in [0.2, 0.25) is 11.9 Å². The molecule has 0 aromatic carbocycles. The fourth-order valence-corrected chi connectivity index (χ4v) is 0.722. The third kappa shape index (κ3) is 3.83. The third-order valence-electron chi connectivity index (χ3n) is 1.26. The van der Waals surface area contributed by atoms with Crippen LogP contribution in [0.25, 0.3) is 0 Å². The summed E-state index contributed by atoms with van der Waals surface area (Å²) in [6.45, 7) is -1.25. The number of alkyl halides is 3. The molecule has 1 rings (SSSR count). The van der Waals surface area contributed by atoms with Crippen molar-refractivity contribution in [3.05, 3.63) is 0 Å². The molecule has 0 fully saturated rings. The first kappa shape index (κ1) is 11.3. The molecule has 0 atom stereocenters. The van der Waals surface area contributed by atoms with Gasteiger partial charge in [-0.25, -0.2) is 0 Å². The molecule has 1 heterocycles. The van der Waals surface area contributed by atoms with Gasteiger partial charge in [0, 0.05) is 0 Å². The molecule has 9 heteroatoms. The second-order valence-electron chi connectivity index (χ2n) is 2.47. The number of nitrogen functional groups attached to an aromatic ring is 1. The van der Waals surface area contributed by atoms with Crippen LogP contribution in [-0.4, -0.2) is 34.8 Å². The average molecular weight is 223 g/mol. The Morgan fingerprint density at radius 2 is 2.00 bits per heavy atom. The summed E-state index contributed by atoms with van der Waals surface area (Å²) in [6, 6.07) is -0.146. The van der Waals surface area contributed by atoms with Crippen molar-refractivity contribution in [1.29, 1.82) is 0 Å². The lowest BCUT2D eigenvalue weighted by atomic mass is 10.6. The quantitative estimate of drug-likeness (QED) is 0.773. The Balaban J connectivity index is 2.73. The molecule has 0 saturated heterocycles. The maximum atomic E-state index is 11.8. The van der Waals surface area contributed by atoms with E-state index in [4.69, 9.17) is 5.73 Å². The number of methoxy groups -OCH3 is 1. The van der Waals surface area contributed by atoms with Gasteiger partial charge in [0.15, 0.2) is 0 Å². The standard InChI is InChI=1S/C6H8F3N5O/c1-15-5-13-3(10)12-4(14-5)11-2-6(7,8)9/h2H2,1H3,(H3,10,11,12,13,14). The first-order chi connectivity index (χ1) is 6.90. The average Bonchev–Trinajstić information content (AvgIpc) is 2.13. The van der Waals surface area contributed by atoms with Crippen LogP contribution in [0.4, 0.5) is 25.1 Å². The van der Waals surface area contributed by atoms with Gasteiger partial charge in [0.1, 0.15) is 6.54 Å². The predicted octanol–water partition coefficient (Wildman–Crippen LogP) is 0.437. The summed E-state index contributed by atoms with van der Waals surface area (Å²) in [4.78, 5) is 10.5. The molecule has 1 aromatic heterocycles. The van der Waals surface area contributed by atoms with Crippen molar-refractivity contribution >= 4 is 11.9 Å². The monoisotopic (exact) mass is 223 g/mol. The molecule has 0 radical (unpaired) electrons. The number of nitrogens with zero attached hydrogens (tertiary/aromatic N) is 3. The van der Waals surface area contributed by atoms with Crippen molar-refractivity contribution < 1.29 is 17.9 Å². The first-order valence-corrected chi connectivity index (χ1v) is 3.77. The minimum atomic E-state index is -4.35. The number of rotatable bonds is 3. The van der Waals surface area contributed by atoms with E-state index >= 15 is 0 Å². The molecule has 0 bridgehead atoms. The van der Waals surface area contributed by atoms with E-state index in [0.717, 1.165) is 0 Å². The highest BCUT2D eigenvalue weighted by Crippen LogP contribution is 2.15. The van der Waals surface area contributed by atoms with Crippen molar-refractivity contribution in [3.8, 4) is 6.01 Å². The van der Waals surface area contributed by atoms with Crippen LogP contribution in [0.2, 0.25) is 0 Å². The van der Waals surface area contributed by atoms with E-state index in [2.05, 4.69) is 19.7 Å². The van der Waals surface area contributed by atoms with Gasteiger partial charge < -0.3 is 15.8 Å². The molecule has 15 heavy (non-hydrogen) atoms. The fourth-order valence-electron chi connectivity index (χ4n) is 0.722. The summed E-state index contributed by atoms with van der Waals surface area (Å²) in [5.74, 6) is -0.497. The molecule has 1 aromatic rings. The molecule has 0 aliphatic carbocycles. The molecule has 3 N–H and O–H groups in total. The highest BCUT2D eigenvalue weighted by Gasteiger charge is 2.27. The highest BCUT2D eigenvalue weighted by molar-refractivity contribution is 5.32. The topological polar surface area (TPSA) is 86.0 Å². The summed E-state index contributed by atoms with van der Waals surface area (Å²) < 4.78 is 40.1. The summed E-state index contributed by atoms with van der Waals surface area (Å²) in [7, 11) is 1.27. The lowest BCUT2D eigenvalue weighted by molar-refractivity contribution is -0.115. The van der Waals surface area contributed by atoms with Gasteiger partial charge in [-0.2, -0.15) is 28.1 Å². The van der Waals surface area contributed by atoms with E-state index in [0.29, 0.717) is 0 Å². The summed E-state index contributed by atoms with van der Waals surface area (Å²) in [6.07, 6.45) is -4.35. The Bertz CT molecular complexity index is 342. The predicted molar refractivity (Wildman–Crippen MR) is 45.3 cm³/mol. The van der Waals surface area contributed by atoms with Crippen molar-refractivity contribution in [2.45, 2.75) is 6.18 Å². The summed E-state index contributed by atoms with van der Waals surface area (Å²) in [5.41, 5.74) is 5.21. The van der Waals surface area contributed by atoms with Crippen molar-refractivity contribution in [2.24, 2.45) is 0 Å². The minimum absolute atomic E-state index is 0.146. The molecule has 0 saturated carbocycles. The molecule has 0 amide bonds. The largest absolute Gasteiger partial charge is 0.467 e. The Labute approximate surface area is 82.7 Å². The van der Waals surface area contributed by atoms with Crippen LogP contribution in [-0.2, 0) is 0 Å². The van der Waals surface area contributed by atoms with E-state index < -0.39 is 12.7 Å². The Morgan fingerprint density at radius 1 is 1.33 bits per heavy atom. The summed E-state index contributed by atoms with van der Waals surface area (Å²) >= 11 is 0. The Hall–Kier alpha value is -1.80.